The summed E-state index contributed by atoms with van der Waals surface area (Å²) in [6, 6.07) is 21.7. The third-order valence-corrected chi connectivity index (χ3v) is 6.17. The van der Waals surface area contributed by atoms with Gasteiger partial charge in [0.2, 0.25) is 0 Å². The van der Waals surface area contributed by atoms with Gasteiger partial charge in [0.1, 0.15) is 5.82 Å². The van der Waals surface area contributed by atoms with Crippen molar-refractivity contribution in [2.24, 2.45) is 0 Å². The Hall–Kier alpha value is -3.97. The number of carbonyl (C=O) groups excluding carboxylic acids is 1. The largest absolute Gasteiger partial charge is 0.396 e. The third-order valence-electron chi connectivity index (χ3n) is 6.17. The van der Waals surface area contributed by atoms with E-state index in [4.69, 9.17) is 10.7 Å². The second-order valence-corrected chi connectivity index (χ2v) is 8.59. The first-order chi connectivity index (χ1) is 16.7. The highest BCUT2D eigenvalue weighted by atomic mass is 16.1. The van der Waals surface area contributed by atoms with Crippen molar-refractivity contribution in [3.63, 3.8) is 0 Å². The van der Waals surface area contributed by atoms with Gasteiger partial charge in [0.25, 0.3) is 5.91 Å². The molecule has 0 spiro atoms. The first kappa shape index (κ1) is 21.9. The summed E-state index contributed by atoms with van der Waals surface area (Å²) in [7, 11) is 0. The van der Waals surface area contributed by atoms with Gasteiger partial charge in [-0.3, -0.25) is 9.78 Å². The maximum absolute atomic E-state index is 12.6. The van der Waals surface area contributed by atoms with Crippen LogP contribution in [0.15, 0.2) is 72.9 Å². The quantitative estimate of drug-likeness (QED) is 0.353. The minimum absolute atomic E-state index is 0.0309. The van der Waals surface area contributed by atoms with E-state index < -0.39 is 0 Å². The number of benzene rings is 2. The number of nitrogens with zero attached hydrogens (tertiary/aromatic N) is 2. The lowest BCUT2D eigenvalue weighted by molar-refractivity contribution is 0.0929. The highest BCUT2D eigenvalue weighted by Gasteiger charge is 2.16. The SMILES string of the molecule is Nc1ccc(-c2ccc(C(=O)NC3CCNCC3)cc2)nc1NCc1ccc2ncccc2c1. The molecule has 1 fully saturated rings. The number of nitrogens with one attached hydrogen (secondary N) is 3. The Balaban J connectivity index is 1.27. The van der Waals surface area contributed by atoms with Crippen LogP contribution in [0.3, 0.4) is 0 Å². The van der Waals surface area contributed by atoms with Crippen LogP contribution in [-0.2, 0) is 6.54 Å². The van der Waals surface area contributed by atoms with E-state index in [0.717, 1.165) is 53.7 Å². The Morgan fingerprint density at radius 1 is 1.03 bits per heavy atom. The van der Waals surface area contributed by atoms with Crippen molar-refractivity contribution < 1.29 is 4.79 Å². The number of amides is 1. The fraction of sp³-hybridized carbons (Fsp3) is 0.222. The molecule has 0 unspecified atom stereocenters. The van der Waals surface area contributed by atoms with E-state index >= 15 is 0 Å². The first-order valence-electron chi connectivity index (χ1n) is 11.6. The molecule has 3 heterocycles. The normalized spacial score (nSPS) is 14.1. The smallest absolute Gasteiger partial charge is 0.251 e. The molecule has 2 aromatic heterocycles. The van der Waals surface area contributed by atoms with Crippen LogP contribution in [0.2, 0.25) is 0 Å². The summed E-state index contributed by atoms with van der Waals surface area (Å²) in [5.74, 6) is 0.605. The van der Waals surface area contributed by atoms with E-state index in [1.165, 1.54) is 0 Å². The number of nitrogen functional groups attached to an aromatic ring is 1. The third kappa shape index (κ3) is 5.00. The van der Waals surface area contributed by atoms with Gasteiger partial charge in [-0.1, -0.05) is 24.3 Å². The van der Waals surface area contributed by atoms with Crippen molar-refractivity contribution in [3.05, 3.63) is 84.1 Å². The fourth-order valence-electron chi connectivity index (χ4n) is 4.22. The van der Waals surface area contributed by atoms with Crippen molar-refractivity contribution in [1.82, 2.24) is 20.6 Å². The molecule has 1 amide bonds. The Bertz CT molecular complexity index is 1300. The molecule has 5 N–H and O–H groups in total. The number of hydrogen-bond donors (Lipinski definition) is 4. The van der Waals surface area contributed by atoms with Gasteiger partial charge in [-0.15, -0.1) is 0 Å². The average molecular weight is 453 g/mol. The van der Waals surface area contributed by atoms with Crippen molar-refractivity contribution in [1.29, 1.82) is 0 Å². The number of anilines is 2. The van der Waals surface area contributed by atoms with Gasteiger partial charge >= 0.3 is 0 Å². The molecule has 1 aliphatic heterocycles. The highest BCUT2D eigenvalue weighted by molar-refractivity contribution is 5.94. The minimum Gasteiger partial charge on any atom is -0.396 e. The zero-order valence-corrected chi connectivity index (χ0v) is 18.9. The maximum Gasteiger partial charge on any atom is 0.251 e. The van der Waals surface area contributed by atoms with E-state index in [9.17, 15) is 4.79 Å². The second-order valence-electron chi connectivity index (χ2n) is 8.59. The number of piperidine rings is 1. The Kier molecular flexibility index (Phi) is 6.35. The zero-order valence-electron chi connectivity index (χ0n) is 18.9. The maximum atomic E-state index is 12.6. The van der Waals surface area contributed by atoms with Gasteiger partial charge in [-0.2, -0.15) is 0 Å². The summed E-state index contributed by atoms with van der Waals surface area (Å²) in [4.78, 5) is 21.7. The van der Waals surface area contributed by atoms with Crippen molar-refractivity contribution in [2.75, 3.05) is 24.1 Å². The predicted octanol–water partition coefficient (Wildman–Crippen LogP) is 3.97. The molecular weight excluding hydrogens is 424 g/mol. The molecule has 34 heavy (non-hydrogen) atoms. The summed E-state index contributed by atoms with van der Waals surface area (Å²) in [6.45, 7) is 2.49. The number of carbonyl (C=O) groups is 1. The second kappa shape index (κ2) is 9.89. The molecule has 5 rings (SSSR count). The van der Waals surface area contributed by atoms with Gasteiger partial charge < -0.3 is 21.7 Å². The van der Waals surface area contributed by atoms with Crippen LogP contribution < -0.4 is 21.7 Å². The van der Waals surface area contributed by atoms with Crippen molar-refractivity contribution in [3.8, 4) is 11.3 Å². The highest BCUT2D eigenvalue weighted by Crippen LogP contribution is 2.24. The molecule has 0 bridgehead atoms. The number of rotatable bonds is 6. The van der Waals surface area contributed by atoms with E-state index in [0.29, 0.717) is 23.6 Å². The molecule has 1 aliphatic rings. The van der Waals surface area contributed by atoms with Gasteiger partial charge in [0.05, 0.1) is 16.9 Å². The van der Waals surface area contributed by atoms with Crippen LogP contribution >= 0.6 is 0 Å². The van der Waals surface area contributed by atoms with E-state index in [2.05, 4.69) is 39.1 Å². The monoisotopic (exact) mass is 452 g/mol. The lowest BCUT2D eigenvalue weighted by Gasteiger charge is -2.23. The predicted molar refractivity (Wildman–Crippen MR) is 137 cm³/mol. The molecule has 7 nitrogen and oxygen atoms in total. The average Bonchev–Trinajstić information content (AvgIpc) is 2.89. The lowest BCUT2D eigenvalue weighted by atomic mass is 10.0. The van der Waals surface area contributed by atoms with Gasteiger partial charge in [0, 0.05) is 35.3 Å². The Labute approximate surface area is 198 Å². The van der Waals surface area contributed by atoms with Crippen LogP contribution in [0.4, 0.5) is 11.5 Å². The summed E-state index contributed by atoms with van der Waals surface area (Å²) in [6.07, 6.45) is 3.72. The molecular formula is C27H28N6O. The van der Waals surface area contributed by atoms with Crippen molar-refractivity contribution in [2.45, 2.75) is 25.4 Å². The van der Waals surface area contributed by atoms with Crippen LogP contribution in [0.1, 0.15) is 28.8 Å². The zero-order chi connectivity index (χ0) is 23.3. The Morgan fingerprint density at radius 3 is 2.68 bits per heavy atom. The van der Waals surface area contributed by atoms with E-state index in [-0.39, 0.29) is 11.9 Å². The molecule has 7 heteroatoms. The number of fused-ring (bicyclic) bond motifs is 1. The van der Waals surface area contributed by atoms with E-state index in [1.54, 1.807) is 6.20 Å². The number of aromatic nitrogens is 2. The van der Waals surface area contributed by atoms with Gasteiger partial charge in [-0.25, -0.2) is 4.98 Å². The summed E-state index contributed by atoms with van der Waals surface area (Å²) < 4.78 is 0. The molecule has 4 aromatic rings. The molecule has 1 saturated heterocycles. The molecule has 0 aliphatic carbocycles. The first-order valence-corrected chi connectivity index (χ1v) is 11.6. The van der Waals surface area contributed by atoms with E-state index in [1.807, 2.05) is 48.5 Å². The molecule has 0 radical (unpaired) electrons. The van der Waals surface area contributed by atoms with Crippen LogP contribution in [0, 0.1) is 0 Å². The summed E-state index contributed by atoms with van der Waals surface area (Å²) in [5, 5.41) is 10.9. The standard InChI is InChI=1S/C27H28N6O/c28-23-8-10-25(19-4-6-20(7-5-19)27(34)32-22-11-14-29-15-12-22)33-26(23)31-17-18-3-9-24-21(16-18)2-1-13-30-24/h1-10,13,16,22,29H,11-12,14-15,17,28H2,(H,31,33)(H,32,34). The molecule has 172 valence electrons. The van der Waals surface area contributed by atoms with Crippen LogP contribution in [-0.4, -0.2) is 35.0 Å². The molecule has 2 aromatic carbocycles. The number of hydrogen-bond acceptors (Lipinski definition) is 6. The summed E-state index contributed by atoms with van der Waals surface area (Å²) >= 11 is 0. The van der Waals surface area contributed by atoms with Gasteiger partial charge in [-0.05, 0) is 74.0 Å². The van der Waals surface area contributed by atoms with Crippen molar-refractivity contribution >= 4 is 28.3 Å². The molecule has 0 atom stereocenters. The fourth-order valence-corrected chi connectivity index (χ4v) is 4.22. The number of nitrogens with two attached hydrogens (primary N) is 1. The van der Waals surface area contributed by atoms with Crippen LogP contribution in [0.5, 0.6) is 0 Å². The molecule has 0 saturated carbocycles. The number of pyridine rings is 2. The lowest BCUT2D eigenvalue weighted by Crippen LogP contribution is -2.42. The summed E-state index contributed by atoms with van der Waals surface area (Å²) in [5.41, 5.74) is 11.2. The van der Waals surface area contributed by atoms with Gasteiger partial charge in [0.15, 0.2) is 0 Å². The van der Waals surface area contributed by atoms with Crippen LogP contribution in [0.25, 0.3) is 22.2 Å². The topological polar surface area (TPSA) is 105 Å². The Morgan fingerprint density at radius 2 is 1.85 bits per heavy atom. The minimum atomic E-state index is -0.0309.